The van der Waals surface area contributed by atoms with Crippen LogP contribution in [0.1, 0.15) is 26.7 Å². The molecule has 0 saturated heterocycles. The Balaban J connectivity index is 3.31. The lowest BCUT2D eigenvalue weighted by molar-refractivity contribution is -0.125. The van der Waals surface area contributed by atoms with Gasteiger partial charge in [-0.25, -0.2) is 0 Å². The Bertz CT molecular complexity index is 111. The number of halogens is 3. The molecule has 0 aromatic carbocycles. The zero-order valence-corrected chi connectivity index (χ0v) is 7.54. The fourth-order valence-electron chi connectivity index (χ4n) is 1.06. The van der Waals surface area contributed by atoms with Crippen molar-refractivity contribution in [2.45, 2.75) is 32.9 Å². The van der Waals surface area contributed by atoms with Crippen LogP contribution in [0.5, 0.6) is 0 Å². The van der Waals surface area contributed by atoms with E-state index in [-0.39, 0.29) is 0 Å². The molecule has 1 atom stereocenters. The zero-order valence-electron chi connectivity index (χ0n) is 7.54. The summed E-state index contributed by atoms with van der Waals surface area (Å²) in [6.45, 7) is 3.56. The summed E-state index contributed by atoms with van der Waals surface area (Å²) in [5.41, 5.74) is 0. The van der Waals surface area contributed by atoms with Gasteiger partial charge in [-0.3, -0.25) is 0 Å². The Morgan fingerprint density at radius 3 is 2.33 bits per heavy atom. The third kappa shape index (κ3) is 7.85. The van der Waals surface area contributed by atoms with Crippen LogP contribution in [0.25, 0.3) is 0 Å². The van der Waals surface area contributed by atoms with Crippen molar-refractivity contribution in [2.75, 3.05) is 13.1 Å². The number of rotatable bonds is 5. The predicted octanol–water partition coefficient (Wildman–Crippen LogP) is 2.57. The van der Waals surface area contributed by atoms with Gasteiger partial charge in [0.05, 0.1) is 6.54 Å². The first-order valence-electron chi connectivity index (χ1n) is 4.23. The molecule has 0 aromatic rings. The molecule has 0 fully saturated rings. The van der Waals surface area contributed by atoms with E-state index in [2.05, 4.69) is 5.32 Å². The van der Waals surface area contributed by atoms with E-state index in [9.17, 15) is 13.2 Å². The minimum absolute atomic E-state index is 0.331. The van der Waals surface area contributed by atoms with Crippen molar-refractivity contribution in [3.8, 4) is 0 Å². The fourth-order valence-corrected chi connectivity index (χ4v) is 1.06. The number of hydrogen-bond donors (Lipinski definition) is 1. The Kier molecular flexibility index (Phi) is 5.29. The fraction of sp³-hybridized carbons (Fsp3) is 1.00. The average molecular weight is 183 g/mol. The van der Waals surface area contributed by atoms with Crippen LogP contribution < -0.4 is 5.32 Å². The summed E-state index contributed by atoms with van der Waals surface area (Å²) in [6, 6.07) is 0. The lowest BCUT2D eigenvalue weighted by Gasteiger charge is -2.12. The minimum Gasteiger partial charge on any atom is -0.308 e. The maximum atomic E-state index is 11.6. The van der Waals surface area contributed by atoms with E-state index < -0.39 is 12.7 Å². The summed E-state index contributed by atoms with van der Waals surface area (Å²) in [6.07, 6.45) is -2.08. The van der Waals surface area contributed by atoms with Gasteiger partial charge in [0.1, 0.15) is 0 Å². The first kappa shape index (κ1) is 11.8. The number of nitrogens with one attached hydrogen (secondary N) is 1. The van der Waals surface area contributed by atoms with Crippen LogP contribution in [-0.2, 0) is 0 Å². The normalized spacial score (nSPS) is 14.8. The molecule has 0 aliphatic rings. The van der Waals surface area contributed by atoms with Crippen LogP contribution in [0, 0.1) is 5.92 Å². The first-order valence-corrected chi connectivity index (χ1v) is 4.23. The van der Waals surface area contributed by atoms with Gasteiger partial charge in [0.2, 0.25) is 0 Å². The molecule has 0 aliphatic carbocycles. The second-order valence-corrected chi connectivity index (χ2v) is 3.14. The molecule has 0 spiro atoms. The van der Waals surface area contributed by atoms with Gasteiger partial charge < -0.3 is 5.32 Å². The highest BCUT2D eigenvalue weighted by atomic mass is 19.4. The summed E-state index contributed by atoms with van der Waals surface area (Å²) < 4.78 is 34.9. The van der Waals surface area contributed by atoms with Crippen molar-refractivity contribution in [2.24, 2.45) is 5.92 Å². The Morgan fingerprint density at radius 1 is 1.33 bits per heavy atom. The quantitative estimate of drug-likeness (QED) is 0.690. The molecule has 74 valence electrons. The summed E-state index contributed by atoms with van der Waals surface area (Å²) in [5, 5.41) is 2.38. The van der Waals surface area contributed by atoms with Crippen LogP contribution in [0.3, 0.4) is 0 Å². The summed E-state index contributed by atoms with van der Waals surface area (Å²) in [7, 11) is 0. The lowest BCUT2D eigenvalue weighted by atomic mass is 10.1. The highest BCUT2D eigenvalue weighted by Crippen LogP contribution is 2.12. The van der Waals surface area contributed by atoms with Crippen LogP contribution in [-0.4, -0.2) is 19.3 Å². The van der Waals surface area contributed by atoms with Crippen molar-refractivity contribution < 1.29 is 13.2 Å². The van der Waals surface area contributed by atoms with Gasteiger partial charge in [-0.15, -0.1) is 0 Å². The van der Waals surface area contributed by atoms with Gasteiger partial charge in [-0.05, 0) is 18.9 Å². The standard InChI is InChI=1S/C8H16F3N/c1-3-4-7(2)5-12-6-8(9,10)11/h7,12H,3-6H2,1-2H3. The molecule has 0 aliphatic heterocycles. The molecule has 0 heterocycles. The summed E-state index contributed by atoms with van der Waals surface area (Å²) in [5.74, 6) is 0.331. The molecule has 0 bridgehead atoms. The highest BCUT2D eigenvalue weighted by molar-refractivity contribution is 4.59. The third-order valence-electron chi connectivity index (χ3n) is 1.60. The second-order valence-electron chi connectivity index (χ2n) is 3.14. The number of hydrogen-bond acceptors (Lipinski definition) is 1. The topological polar surface area (TPSA) is 12.0 Å². The van der Waals surface area contributed by atoms with Crippen LogP contribution in [0.4, 0.5) is 13.2 Å². The average Bonchev–Trinajstić information content (AvgIpc) is 1.84. The van der Waals surface area contributed by atoms with E-state index in [0.717, 1.165) is 12.8 Å². The molecule has 4 heteroatoms. The van der Waals surface area contributed by atoms with Gasteiger partial charge >= 0.3 is 6.18 Å². The Labute approximate surface area is 71.3 Å². The van der Waals surface area contributed by atoms with Gasteiger partial charge in [0.15, 0.2) is 0 Å². The molecule has 0 rings (SSSR count). The van der Waals surface area contributed by atoms with E-state index in [1.54, 1.807) is 0 Å². The largest absolute Gasteiger partial charge is 0.401 e. The Morgan fingerprint density at radius 2 is 1.92 bits per heavy atom. The molecule has 1 N–H and O–H groups in total. The monoisotopic (exact) mass is 183 g/mol. The third-order valence-corrected chi connectivity index (χ3v) is 1.60. The minimum atomic E-state index is -4.08. The lowest BCUT2D eigenvalue weighted by Crippen LogP contribution is -2.31. The molecule has 0 saturated carbocycles. The second kappa shape index (κ2) is 5.41. The van der Waals surface area contributed by atoms with Crippen molar-refractivity contribution in [1.82, 2.24) is 5.32 Å². The van der Waals surface area contributed by atoms with Crippen molar-refractivity contribution in [1.29, 1.82) is 0 Å². The van der Waals surface area contributed by atoms with Crippen molar-refractivity contribution >= 4 is 0 Å². The molecule has 0 amide bonds. The summed E-state index contributed by atoms with van der Waals surface area (Å²) in [4.78, 5) is 0. The predicted molar refractivity (Wildman–Crippen MR) is 43.0 cm³/mol. The smallest absolute Gasteiger partial charge is 0.308 e. The van der Waals surface area contributed by atoms with E-state index in [1.807, 2.05) is 13.8 Å². The first-order chi connectivity index (χ1) is 5.45. The van der Waals surface area contributed by atoms with Crippen LogP contribution >= 0.6 is 0 Å². The molecule has 0 radical (unpaired) electrons. The maximum absolute atomic E-state index is 11.6. The highest BCUT2D eigenvalue weighted by Gasteiger charge is 2.26. The van der Waals surface area contributed by atoms with Crippen LogP contribution in [0.2, 0.25) is 0 Å². The Hall–Kier alpha value is -0.250. The van der Waals surface area contributed by atoms with E-state index in [4.69, 9.17) is 0 Å². The van der Waals surface area contributed by atoms with E-state index in [1.165, 1.54) is 0 Å². The van der Waals surface area contributed by atoms with E-state index >= 15 is 0 Å². The molecule has 0 aromatic heterocycles. The van der Waals surface area contributed by atoms with Gasteiger partial charge in [0.25, 0.3) is 0 Å². The molecular weight excluding hydrogens is 167 g/mol. The molecule has 1 unspecified atom stereocenters. The molecular formula is C8H16F3N. The SMILES string of the molecule is CCCC(C)CNCC(F)(F)F. The van der Waals surface area contributed by atoms with Gasteiger partial charge in [0, 0.05) is 0 Å². The van der Waals surface area contributed by atoms with Crippen LogP contribution in [0.15, 0.2) is 0 Å². The molecule has 12 heavy (non-hydrogen) atoms. The summed E-state index contributed by atoms with van der Waals surface area (Å²) >= 11 is 0. The van der Waals surface area contributed by atoms with Crippen molar-refractivity contribution in [3.63, 3.8) is 0 Å². The van der Waals surface area contributed by atoms with Gasteiger partial charge in [-0.1, -0.05) is 20.3 Å². The number of alkyl halides is 3. The zero-order chi connectivity index (χ0) is 9.61. The van der Waals surface area contributed by atoms with Crippen molar-refractivity contribution in [3.05, 3.63) is 0 Å². The maximum Gasteiger partial charge on any atom is 0.401 e. The molecule has 1 nitrogen and oxygen atoms in total. The van der Waals surface area contributed by atoms with E-state index in [0.29, 0.717) is 12.5 Å². The van der Waals surface area contributed by atoms with Gasteiger partial charge in [-0.2, -0.15) is 13.2 Å².